The first kappa shape index (κ1) is 30.1. The van der Waals surface area contributed by atoms with Crippen LogP contribution >= 0.6 is 11.6 Å². The van der Waals surface area contributed by atoms with Crippen LogP contribution in [0.5, 0.6) is 0 Å². The Morgan fingerprint density at radius 1 is 0.975 bits per heavy atom. The van der Waals surface area contributed by atoms with Gasteiger partial charge in [0.2, 0.25) is 0 Å². The Hall–Kier alpha value is -4.41. The molecule has 1 aliphatic heterocycles. The smallest absolute Gasteiger partial charge is 0.300 e. The summed E-state index contributed by atoms with van der Waals surface area (Å²) in [5.41, 5.74) is 9.86. The molecule has 1 aliphatic rings. The Kier molecular flexibility index (Phi) is 11.0. The molecule has 1 fully saturated rings. The number of ether oxygens (including phenoxy) is 1. The Balaban J connectivity index is 0.00000103. The number of anilines is 1. The molecule has 4 rings (SSSR count). The molecule has 0 saturated carbocycles. The van der Waals surface area contributed by atoms with E-state index in [1.54, 1.807) is 41.3 Å². The van der Waals surface area contributed by atoms with Crippen molar-refractivity contribution in [1.82, 2.24) is 10.2 Å². The average molecular weight is 566 g/mol. The number of hydrogen-bond acceptors (Lipinski definition) is 6. The molecule has 2 amide bonds. The van der Waals surface area contributed by atoms with Gasteiger partial charge in [-0.05, 0) is 47.5 Å². The van der Waals surface area contributed by atoms with E-state index in [2.05, 4.69) is 10.6 Å². The molecule has 0 bridgehead atoms. The number of carboxylic acids is 1. The number of halogens is 1. The standard InChI is InChI=1S/C27H28ClN5O3.C2H4O2/c28-23-6-2-4-20(14-23)26(34)32-17-22-8-7-19(25(29)30)15-24(22)31-16-18-3-1-5-21(13-18)27(35)33-9-11-36-12-10-33;1-2(3)4/h1-8,13-15,31H,9-12,16-17H2,(H3,29,30)(H,32,34);1H3,(H,3,4). The van der Waals surface area contributed by atoms with E-state index in [0.717, 1.165) is 23.7 Å². The van der Waals surface area contributed by atoms with E-state index in [-0.39, 0.29) is 24.2 Å². The molecule has 0 radical (unpaired) electrons. The van der Waals surface area contributed by atoms with Crippen molar-refractivity contribution in [2.24, 2.45) is 5.73 Å². The first-order chi connectivity index (χ1) is 19.1. The fraction of sp³-hybridized carbons (Fsp3) is 0.241. The minimum Gasteiger partial charge on any atom is -0.481 e. The molecule has 40 heavy (non-hydrogen) atoms. The molecule has 1 heterocycles. The predicted molar refractivity (Wildman–Crippen MR) is 154 cm³/mol. The molecule has 0 atom stereocenters. The summed E-state index contributed by atoms with van der Waals surface area (Å²) in [7, 11) is 0. The molecule has 6 N–H and O–H groups in total. The summed E-state index contributed by atoms with van der Waals surface area (Å²) < 4.78 is 5.34. The maximum Gasteiger partial charge on any atom is 0.300 e. The molecule has 210 valence electrons. The third-order valence-corrected chi connectivity index (χ3v) is 6.14. The van der Waals surface area contributed by atoms with Crippen molar-refractivity contribution in [3.63, 3.8) is 0 Å². The van der Waals surface area contributed by atoms with Gasteiger partial charge in [0.05, 0.1) is 13.2 Å². The van der Waals surface area contributed by atoms with Gasteiger partial charge in [-0.25, -0.2) is 0 Å². The number of hydrogen-bond donors (Lipinski definition) is 5. The van der Waals surface area contributed by atoms with Crippen molar-refractivity contribution in [2.75, 3.05) is 31.6 Å². The van der Waals surface area contributed by atoms with Gasteiger partial charge in [0.25, 0.3) is 17.8 Å². The quantitative estimate of drug-likeness (QED) is 0.206. The second-order valence-electron chi connectivity index (χ2n) is 8.96. The van der Waals surface area contributed by atoms with Crippen LogP contribution in [-0.4, -0.2) is 59.9 Å². The number of amides is 2. The Labute approximate surface area is 237 Å². The van der Waals surface area contributed by atoms with E-state index in [4.69, 9.17) is 37.4 Å². The monoisotopic (exact) mass is 565 g/mol. The second-order valence-corrected chi connectivity index (χ2v) is 9.39. The molecule has 0 aliphatic carbocycles. The number of nitrogens with zero attached hydrogens (tertiary/aromatic N) is 1. The van der Waals surface area contributed by atoms with Crippen molar-refractivity contribution in [3.05, 3.63) is 99.6 Å². The predicted octanol–water partition coefficient (Wildman–Crippen LogP) is 3.73. The molecule has 0 aromatic heterocycles. The van der Waals surface area contributed by atoms with Gasteiger partial charge in [-0.1, -0.05) is 41.9 Å². The number of carbonyl (C=O) groups excluding carboxylic acids is 2. The fourth-order valence-corrected chi connectivity index (χ4v) is 4.12. The van der Waals surface area contributed by atoms with Gasteiger partial charge in [-0.15, -0.1) is 0 Å². The minimum atomic E-state index is -0.833. The maximum absolute atomic E-state index is 12.9. The van der Waals surface area contributed by atoms with E-state index in [1.807, 2.05) is 30.3 Å². The summed E-state index contributed by atoms with van der Waals surface area (Å²) in [5, 5.41) is 22.0. The van der Waals surface area contributed by atoms with Gasteiger partial charge in [-0.3, -0.25) is 19.8 Å². The third kappa shape index (κ3) is 9.11. The highest BCUT2D eigenvalue weighted by molar-refractivity contribution is 6.30. The molecule has 0 spiro atoms. The number of carbonyl (C=O) groups is 3. The molecular formula is C29H32ClN5O5. The summed E-state index contributed by atoms with van der Waals surface area (Å²) >= 11 is 6.00. The second kappa shape index (κ2) is 14.7. The molecule has 3 aromatic rings. The van der Waals surface area contributed by atoms with E-state index in [9.17, 15) is 9.59 Å². The highest BCUT2D eigenvalue weighted by Gasteiger charge is 2.18. The lowest BCUT2D eigenvalue weighted by Crippen LogP contribution is -2.40. The largest absolute Gasteiger partial charge is 0.481 e. The Morgan fingerprint density at radius 2 is 1.65 bits per heavy atom. The fourth-order valence-electron chi connectivity index (χ4n) is 3.93. The molecule has 11 heteroatoms. The van der Waals surface area contributed by atoms with Crippen molar-refractivity contribution in [3.8, 4) is 0 Å². The van der Waals surface area contributed by atoms with Crippen molar-refractivity contribution >= 4 is 40.9 Å². The van der Waals surface area contributed by atoms with Gasteiger partial charge < -0.3 is 31.1 Å². The van der Waals surface area contributed by atoms with Crippen LogP contribution in [0, 0.1) is 5.41 Å². The molecule has 3 aromatic carbocycles. The minimum absolute atomic E-state index is 0.0110. The number of aliphatic carboxylic acids is 1. The average Bonchev–Trinajstić information content (AvgIpc) is 2.95. The van der Waals surface area contributed by atoms with E-state index in [1.165, 1.54) is 0 Å². The van der Waals surface area contributed by atoms with E-state index in [0.29, 0.717) is 54.6 Å². The van der Waals surface area contributed by atoms with Crippen LogP contribution in [0.1, 0.15) is 44.3 Å². The topological polar surface area (TPSA) is 158 Å². The summed E-state index contributed by atoms with van der Waals surface area (Å²) in [4.78, 5) is 36.2. The van der Waals surface area contributed by atoms with E-state index >= 15 is 0 Å². The van der Waals surface area contributed by atoms with Crippen LogP contribution in [0.15, 0.2) is 66.7 Å². The lowest BCUT2D eigenvalue weighted by molar-refractivity contribution is -0.134. The van der Waals surface area contributed by atoms with Crippen LogP contribution in [0.4, 0.5) is 5.69 Å². The van der Waals surface area contributed by atoms with Crippen molar-refractivity contribution in [1.29, 1.82) is 5.41 Å². The number of rotatable bonds is 8. The highest BCUT2D eigenvalue weighted by Crippen LogP contribution is 2.20. The summed E-state index contributed by atoms with van der Waals surface area (Å²) in [6.07, 6.45) is 0. The van der Waals surface area contributed by atoms with Gasteiger partial charge in [-0.2, -0.15) is 0 Å². The summed E-state index contributed by atoms with van der Waals surface area (Å²) in [5.74, 6) is -1.14. The number of benzene rings is 3. The first-order valence-corrected chi connectivity index (χ1v) is 12.9. The van der Waals surface area contributed by atoms with Crippen LogP contribution in [-0.2, 0) is 22.6 Å². The number of nitrogens with one attached hydrogen (secondary N) is 3. The van der Waals surface area contributed by atoms with Crippen LogP contribution < -0.4 is 16.4 Å². The molecule has 10 nitrogen and oxygen atoms in total. The van der Waals surface area contributed by atoms with Crippen molar-refractivity contribution in [2.45, 2.75) is 20.0 Å². The SMILES string of the molecule is CC(=O)O.N=C(N)c1ccc(CNC(=O)c2cccc(Cl)c2)c(NCc2cccc(C(=O)N3CCOCC3)c2)c1. The number of morpholine rings is 1. The molecular weight excluding hydrogens is 534 g/mol. The zero-order valence-corrected chi connectivity index (χ0v) is 22.8. The highest BCUT2D eigenvalue weighted by atomic mass is 35.5. The van der Waals surface area contributed by atoms with Crippen LogP contribution in [0.25, 0.3) is 0 Å². The number of nitrogen functional groups attached to an aromatic ring is 1. The van der Waals surface area contributed by atoms with Gasteiger partial charge in [0.1, 0.15) is 5.84 Å². The Bertz CT molecular complexity index is 1370. The van der Waals surface area contributed by atoms with Crippen LogP contribution in [0.3, 0.4) is 0 Å². The van der Waals surface area contributed by atoms with Gasteiger partial charge >= 0.3 is 0 Å². The number of amidine groups is 1. The third-order valence-electron chi connectivity index (χ3n) is 5.90. The number of nitrogens with two attached hydrogens (primary N) is 1. The molecule has 0 unspecified atom stereocenters. The van der Waals surface area contributed by atoms with Gasteiger partial charge in [0.15, 0.2) is 0 Å². The van der Waals surface area contributed by atoms with Gasteiger partial charge in [0, 0.05) is 60.5 Å². The maximum atomic E-state index is 12.9. The van der Waals surface area contributed by atoms with Crippen LogP contribution in [0.2, 0.25) is 5.02 Å². The number of carboxylic acid groups (broad SMARTS) is 1. The Morgan fingerprint density at radius 3 is 2.33 bits per heavy atom. The zero-order chi connectivity index (χ0) is 29.1. The lowest BCUT2D eigenvalue weighted by atomic mass is 10.1. The summed E-state index contributed by atoms with van der Waals surface area (Å²) in [6, 6.07) is 19.6. The zero-order valence-electron chi connectivity index (χ0n) is 22.1. The summed E-state index contributed by atoms with van der Waals surface area (Å²) in [6.45, 7) is 4.07. The van der Waals surface area contributed by atoms with Crippen molar-refractivity contribution < 1.29 is 24.2 Å². The molecule has 1 saturated heterocycles. The first-order valence-electron chi connectivity index (χ1n) is 12.5. The lowest BCUT2D eigenvalue weighted by Gasteiger charge is -2.27. The van der Waals surface area contributed by atoms with E-state index < -0.39 is 5.97 Å². The normalized spacial score (nSPS) is 12.5.